The predicted molar refractivity (Wildman–Crippen MR) is 94.4 cm³/mol. The molecule has 8 heteroatoms. The van der Waals surface area contributed by atoms with Crippen molar-refractivity contribution in [2.45, 2.75) is 39.5 Å². The molecule has 3 N–H and O–H groups in total. The molecule has 0 spiro atoms. The van der Waals surface area contributed by atoms with Gasteiger partial charge in [-0.2, -0.15) is 5.90 Å². The fourth-order valence-corrected chi connectivity index (χ4v) is 3.54. The summed E-state index contributed by atoms with van der Waals surface area (Å²) in [6, 6.07) is 9.41. The van der Waals surface area contributed by atoms with E-state index in [1.165, 1.54) is 6.42 Å². The molecular weight excluding hydrogens is 358 g/mol. The summed E-state index contributed by atoms with van der Waals surface area (Å²) in [5.41, 5.74) is 1.29. The van der Waals surface area contributed by atoms with Crippen LogP contribution in [0.2, 0.25) is 0 Å². The van der Waals surface area contributed by atoms with Gasteiger partial charge in [-0.05, 0) is 29.7 Å². The lowest BCUT2D eigenvalue weighted by atomic mass is 9.82. The van der Waals surface area contributed by atoms with E-state index in [0.29, 0.717) is 35.7 Å². The Morgan fingerprint density at radius 1 is 1.27 bits per heavy atom. The maximum Gasteiger partial charge on any atom is 0.370 e. The molecule has 2 bridgehead atoms. The molecule has 2 aliphatic carbocycles. The predicted octanol–water partition coefficient (Wildman–Crippen LogP) is 1.10. The monoisotopic (exact) mass is 385 g/mol. The number of carbonyl (C=O) groups is 2. The van der Waals surface area contributed by atoms with Gasteiger partial charge in [0.2, 0.25) is 0 Å². The molecule has 146 valence electrons. The summed E-state index contributed by atoms with van der Waals surface area (Å²) in [5, 5.41) is 0. The maximum atomic E-state index is 11.3. The van der Waals surface area contributed by atoms with Gasteiger partial charge in [-0.15, -0.1) is 0 Å². The second-order valence-electron chi connectivity index (χ2n) is 7.20. The Morgan fingerprint density at radius 3 is 2.12 bits per heavy atom. The fourth-order valence-electron chi connectivity index (χ4n) is 3.54. The van der Waals surface area contributed by atoms with Crippen LogP contribution in [0.1, 0.15) is 38.7 Å². The molecule has 0 radical (unpaired) electrons. The summed E-state index contributed by atoms with van der Waals surface area (Å²) >= 11 is 0. The summed E-state index contributed by atoms with van der Waals surface area (Å²) < 4.78 is 27.2. The topological polar surface area (TPSA) is 128 Å². The number of quaternary nitrogens is 1. The number of hydrogen-bond donors (Lipinski definition) is 1. The quantitative estimate of drug-likeness (QED) is 0.600. The van der Waals surface area contributed by atoms with Crippen LogP contribution < -0.4 is 5.90 Å². The van der Waals surface area contributed by atoms with E-state index in [0.717, 1.165) is 18.4 Å². The fraction of sp³-hybridized carbons (Fsp3) is 0.556. The number of rotatable bonds is 2. The van der Waals surface area contributed by atoms with Gasteiger partial charge in [-0.25, -0.2) is 13.2 Å². The van der Waals surface area contributed by atoms with Crippen molar-refractivity contribution < 1.29 is 33.3 Å². The maximum absolute atomic E-state index is 11.3. The minimum Gasteiger partial charge on any atom is -0.748 e. The summed E-state index contributed by atoms with van der Waals surface area (Å²) in [6.07, 6.45) is 4.23. The van der Waals surface area contributed by atoms with Crippen molar-refractivity contribution in [2.24, 2.45) is 17.3 Å². The van der Waals surface area contributed by atoms with E-state index in [4.69, 9.17) is 13.0 Å². The Bertz CT molecular complexity index is 706. The van der Waals surface area contributed by atoms with Crippen molar-refractivity contribution in [3.63, 3.8) is 0 Å². The Balaban J connectivity index is 0.000000209. The Labute approximate surface area is 154 Å². The molecular formula is C18H27NO6S. The lowest BCUT2D eigenvalue weighted by molar-refractivity contribution is -0.657. The van der Waals surface area contributed by atoms with Crippen LogP contribution in [-0.2, 0) is 31.0 Å². The van der Waals surface area contributed by atoms with Gasteiger partial charge < -0.3 is 4.55 Å². The van der Waals surface area contributed by atoms with Crippen LogP contribution in [0, 0.1) is 17.3 Å². The molecule has 0 aliphatic heterocycles. The van der Waals surface area contributed by atoms with Gasteiger partial charge in [-0.1, -0.05) is 44.2 Å². The highest BCUT2D eigenvalue weighted by Crippen LogP contribution is 2.55. The van der Waals surface area contributed by atoms with Crippen LogP contribution in [0.3, 0.4) is 0 Å². The van der Waals surface area contributed by atoms with Gasteiger partial charge in [0.25, 0.3) is 0 Å². The molecule has 7 nitrogen and oxygen atoms in total. The molecule has 2 fully saturated rings. The van der Waals surface area contributed by atoms with Crippen molar-refractivity contribution in [1.29, 1.82) is 0 Å². The van der Waals surface area contributed by atoms with E-state index in [9.17, 15) is 9.59 Å². The van der Waals surface area contributed by atoms with Crippen LogP contribution in [0.5, 0.6) is 0 Å². The highest BCUT2D eigenvalue weighted by Gasteiger charge is 2.52. The third kappa shape index (κ3) is 7.23. The van der Waals surface area contributed by atoms with E-state index in [1.807, 2.05) is 30.3 Å². The molecule has 2 unspecified atom stereocenters. The molecule has 3 rings (SSSR count). The van der Waals surface area contributed by atoms with E-state index in [2.05, 4.69) is 24.6 Å². The van der Waals surface area contributed by atoms with E-state index in [1.54, 1.807) is 0 Å². The number of fused-ring (bicyclic) bond motifs is 2. The molecule has 1 aromatic rings. The van der Waals surface area contributed by atoms with Gasteiger partial charge in [0.15, 0.2) is 0 Å². The van der Waals surface area contributed by atoms with Crippen molar-refractivity contribution in [3.8, 4) is 0 Å². The van der Waals surface area contributed by atoms with Crippen LogP contribution in [0.4, 0.5) is 0 Å². The zero-order valence-corrected chi connectivity index (χ0v) is 16.3. The second kappa shape index (κ2) is 9.25. The van der Waals surface area contributed by atoms with Crippen LogP contribution in [-0.4, -0.2) is 31.0 Å². The summed E-state index contributed by atoms with van der Waals surface area (Å²) in [7, 11) is -3.92. The van der Waals surface area contributed by atoms with Crippen molar-refractivity contribution in [2.75, 3.05) is 6.26 Å². The molecule has 26 heavy (non-hydrogen) atoms. The molecule has 1 aromatic carbocycles. The Morgan fingerprint density at radius 2 is 1.81 bits per heavy atom. The summed E-state index contributed by atoms with van der Waals surface area (Å²) in [5.74, 6) is 4.38. The third-order valence-electron chi connectivity index (χ3n) is 4.94. The first-order valence-electron chi connectivity index (χ1n) is 8.37. The van der Waals surface area contributed by atoms with Gasteiger partial charge in [0.05, 0.1) is 16.5 Å². The average molecular weight is 385 g/mol. The molecule has 2 atom stereocenters. The smallest absolute Gasteiger partial charge is 0.370 e. The SMILES string of the molecule is CC1(C)C2CCC1C(=O)C2.CS(=O)(=O)[O-].[NH3+]OC(=O)Cc1ccccc1. The highest BCUT2D eigenvalue weighted by molar-refractivity contribution is 7.84. The van der Waals surface area contributed by atoms with Crippen molar-refractivity contribution in [3.05, 3.63) is 35.9 Å². The van der Waals surface area contributed by atoms with E-state index in [-0.39, 0.29) is 5.97 Å². The number of Topliss-reactive ketones (excluding diaryl/α,β-unsaturated/α-hetero) is 1. The molecule has 2 saturated carbocycles. The zero-order chi connectivity index (χ0) is 20.0. The molecule has 0 aromatic heterocycles. The van der Waals surface area contributed by atoms with Crippen LogP contribution >= 0.6 is 0 Å². The number of carbonyl (C=O) groups excluding carboxylic acids is 2. The molecule has 0 heterocycles. The first-order valence-corrected chi connectivity index (χ1v) is 10.2. The van der Waals surface area contributed by atoms with E-state index >= 15 is 0 Å². The second-order valence-corrected chi connectivity index (χ2v) is 8.61. The number of hydrogen-bond acceptors (Lipinski definition) is 6. The van der Waals surface area contributed by atoms with Crippen molar-refractivity contribution >= 4 is 21.9 Å². The Kier molecular flexibility index (Phi) is 7.92. The highest BCUT2D eigenvalue weighted by atomic mass is 32.2. The van der Waals surface area contributed by atoms with Crippen LogP contribution in [0.25, 0.3) is 0 Å². The lowest BCUT2D eigenvalue weighted by Gasteiger charge is -2.21. The van der Waals surface area contributed by atoms with Gasteiger partial charge in [0, 0.05) is 18.6 Å². The standard InChI is InChI=1S/C9H14O.C8H10NO2.CH4O3S/c1-9(2)6-3-4-7(9)8(10)5-6;9-11-8(10)6-7-4-2-1-3-5-7;1-5(2,3)4/h6-7H,3-5H2,1-2H3;1-5H,6H2,9H3;1H3,(H,2,3,4)/q;+1;/p-1. The largest absolute Gasteiger partial charge is 0.748 e. The van der Waals surface area contributed by atoms with Crippen LogP contribution in [0.15, 0.2) is 30.3 Å². The number of benzene rings is 1. The first kappa shape index (κ1) is 22.3. The van der Waals surface area contributed by atoms with Gasteiger partial charge in [0.1, 0.15) is 5.78 Å². The first-order chi connectivity index (χ1) is 11.9. The summed E-state index contributed by atoms with van der Waals surface area (Å²) in [4.78, 5) is 26.2. The zero-order valence-electron chi connectivity index (χ0n) is 15.4. The third-order valence-corrected chi connectivity index (χ3v) is 4.94. The molecule has 0 saturated heterocycles. The van der Waals surface area contributed by atoms with Gasteiger partial charge in [-0.3, -0.25) is 9.63 Å². The van der Waals surface area contributed by atoms with Crippen molar-refractivity contribution in [1.82, 2.24) is 0 Å². The Hall–Kier alpha value is -1.77. The minimum absolute atomic E-state index is 0.296. The van der Waals surface area contributed by atoms with Gasteiger partial charge >= 0.3 is 5.97 Å². The lowest BCUT2D eigenvalue weighted by Crippen LogP contribution is -2.51. The summed E-state index contributed by atoms with van der Waals surface area (Å²) in [6.45, 7) is 4.50. The molecule has 2 aliphatic rings. The number of ketones is 1. The molecule has 0 amide bonds. The average Bonchev–Trinajstić information content (AvgIpc) is 2.93. The minimum atomic E-state index is -3.92. The van der Waals surface area contributed by atoms with E-state index < -0.39 is 10.1 Å². The normalized spacial score (nSPS) is 22.6.